The summed E-state index contributed by atoms with van der Waals surface area (Å²) in [6.07, 6.45) is 1.07. The summed E-state index contributed by atoms with van der Waals surface area (Å²) in [4.78, 5) is 0. The van der Waals surface area contributed by atoms with Gasteiger partial charge in [-0.05, 0) is 31.0 Å². The minimum atomic E-state index is 0.258. The summed E-state index contributed by atoms with van der Waals surface area (Å²) < 4.78 is 5.52. The highest BCUT2D eigenvalue weighted by molar-refractivity contribution is 5.42. The van der Waals surface area contributed by atoms with Crippen molar-refractivity contribution in [3.8, 4) is 5.75 Å². The third-order valence-corrected chi connectivity index (χ3v) is 3.75. The van der Waals surface area contributed by atoms with Crippen LogP contribution in [0.5, 0.6) is 5.75 Å². The van der Waals surface area contributed by atoms with Gasteiger partial charge in [0.1, 0.15) is 5.75 Å². The van der Waals surface area contributed by atoms with E-state index < -0.39 is 0 Å². The minimum absolute atomic E-state index is 0.258. The fraction of sp³-hybridized carbons (Fsp3) is 0.538. The van der Waals surface area contributed by atoms with Gasteiger partial charge in [0.15, 0.2) is 0 Å². The molecule has 1 saturated heterocycles. The summed E-state index contributed by atoms with van der Waals surface area (Å²) in [6.45, 7) is 6.49. The predicted molar refractivity (Wildman–Crippen MR) is 60.5 cm³/mol. The van der Waals surface area contributed by atoms with Gasteiger partial charge in [-0.2, -0.15) is 0 Å². The largest absolute Gasteiger partial charge is 0.493 e. The van der Waals surface area contributed by atoms with E-state index >= 15 is 0 Å². The van der Waals surface area contributed by atoms with Gasteiger partial charge in [0.05, 0.1) is 6.61 Å². The van der Waals surface area contributed by atoms with Gasteiger partial charge in [0.2, 0.25) is 0 Å². The van der Waals surface area contributed by atoms with Crippen LogP contribution in [0, 0.1) is 0 Å². The van der Waals surface area contributed by atoms with Gasteiger partial charge in [0, 0.05) is 24.4 Å². The van der Waals surface area contributed by atoms with Crippen molar-refractivity contribution in [3.05, 3.63) is 29.3 Å². The minimum Gasteiger partial charge on any atom is -0.493 e. The molecule has 1 unspecified atom stereocenters. The highest BCUT2D eigenvalue weighted by atomic mass is 16.5. The average Bonchev–Trinajstić information content (AvgIpc) is 2.63. The van der Waals surface area contributed by atoms with E-state index in [-0.39, 0.29) is 5.54 Å². The molecule has 15 heavy (non-hydrogen) atoms. The van der Waals surface area contributed by atoms with Crippen LogP contribution < -0.4 is 10.1 Å². The molecule has 80 valence electrons. The average molecular weight is 203 g/mol. The fourth-order valence-corrected chi connectivity index (χ4v) is 2.57. The zero-order valence-electron chi connectivity index (χ0n) is 9.34. The first kappa shape index (κ1) is 9.22. The van der Waals surface area contributed by atoms with Gasteiger partial charge < -0.3 is 10.1 Å². The molecule has 3 rings (SSSR count). The number of rotatable bonds is 1. The predicted octanol–water partition coefficient (Wildman–Crippen LogP) is 2.09. The Balaban J connectivity index is 1.93. The molecule has 0 radical (unpaired) electrons. The van der Waals surface area contributed by atoms with E-state index in [1.807, 2.05) is 0 Å². The number of hydrogen-bond acceptors (Lipinski definition) is 2. The number of fused-ring (bicyclic) bond motifs is 1. The molecule has 1 aromatic carbocycles. The van der Waals surface area contributed by atoms with Crippen molar-refractivity contribution < 1.29 is 4.74 Å². The van der Waals surface area contributed by atoms with E-state index in [9.17, 15) is 0 Å². The molecule has 1 N–H and O–H groups in total. The lowest BCUT2D eigenvalue weighted by Gasteiger charge is -2.46. The standard InChI is InChI=1S/C13H17NO/c1-13(2)11(8-14-13)9-3-4-12-10(7-9)5-6-15-12/h3-4,7,11,14H,5-6,8H2,1-2H3. The lowest BCUT2D eigenvalue weighted by Crippen LogP contribution is -2.59. The van der Waals surface area contributed by atoms with Crippen LogP contribution in [0.2, 0.25) is 0 Å². The molecule has 0 aliphatic carbocycles. The Morgan fingerprint density at radius 3 is 2.93 bits per heavy atom. The fourth-order valence-electron chi connectivity index (χ4n) is 2.57. The molecule has 1 atom stereocenters. The molecular weight excluding hydrogens is 186 g/mol. The zero-order chi connectivity index (χ0) is 10.5. The maximum Gasteiger partial charge on any atom is 0.122 e. The Hall–Kier alpha value is -1.02. The first-order valence-corrected chi connectivity index (χ1v) is 5.67. The molecule has 2 aliphatic rings. The van der Waals surface area contributed by atoms with E-state index in [1.165, 1.54) is 11.1 Å². The molecular formula is C13H17NO. The third kappa shape index (κ3) is 1.36. The zero-order valence-corrected chi connectivity index (χ0v) is 9.34. The van der Waals surface area contributed by atoms with Gasteiger partial charge in [-0.25, -0.2) is 0 Å². The van der Waals surface area contributed by atoms with Gasteiger partial charge >= 0.3 is 0 Å². The molecule has 2 nitrogen and oxygen atoms in total. The molecule has 0 saturated carbocycles. The number of hydrogen-bond donors (Lipinski definition) is 1. The van der Waals surface area contributed by atoms with Crippen LogP contribution in [0.3, 0.4) is 0 Å². The van der Waals surface area contributed by atoms with E-state index in [1.54, 1.807) is 0 Å². The first-order valence-electron chi connectivity index (χ1n) is 5.67. The number of benzene rings is 1. The van der Waals surface area contributed by atoms with Crippen molar-refractivity contribution in [3.63, 3.8) is 0 Å². The van der Waals surface area contributed by atoms with Crippen LogP contribution in [-0.2, 0) is 6.42 Å². The smallest absolute Gasteiger partial charge is 0.122 e. The first-order chi connectivity index (χ1) is 7.17. The van der Waals surface area contributed by atoms with Crippen molar-refractivity contribution in [1.29, 1.82) is 0 Å². The van der Waals surface area contributed by atoms with Crippen LogP contribution in [0.25, 0.3) is 0 Å². The van der Waals surface area contributed by atoms with Crippen LogP contribution in [0.4, 0.5) is 0 Å². The summed E-state index contributed by atoms with van der Waals surface area (Å²) in [7, 11) is 0. The Morgan fingerprint density at radius 1 is 1.40 bits per heavy atom. The molecule has 2 aliphatic heterocycles. The summed E-state index contributed by atoms with van der Waals surface area (Å²) in [5.74, 6) is 1.74. The van der Waals surface area contributed by atoms with Crippen molar-refractivity contribution >= 4 is 0 Å². The van der Waals surface area contributed by atoms with Crippen molar-refractivity contribution in [2.45, 2.75) is 31.7 Å². The van der Waals surface area contributed by atoms with Gasteiger partial charge in [0.25, 0.3) is 0 Å². The number of ether oxygens (including phenoxy) is 1. The molecule has 0 bridgehead atoms. The summed E-state index contributed by atoms with van der Waals surface area (Å²) in [6, 6.07) is 6.68. The van der Waals surface area contributed by atoms with E-state index in [0.717, 1.165) is 25.3 Å². The maximum atomic E-state index is 5.52. The quantitative estimate of drug-likeness (QED) is 0.754. The summed E-state index contributed by atoms with van der Waals surface area (Å²) >= 11 is 0. The molecule has 1 aromatic rings. The second kappa shape index (κ2) is 2.99. The highest BCUT2D eigenvalue weighted by Gasteiger charge is 2.39. The van der Waals surface area contributed by atoms with Gasteiger partial charge in [-0.15, -0.1) is 0 Å². The normalized spacial score (nSPS) is 26.7. The monoisotopic (exact) mass is 203 g/mol. The Kier molecular flexibility index (Phi) is 1.84. The SMILES string of the molecule is CC1(C)NCC1c1ccc2c(c1)CCO2. The van der Waals surface area contributed by atoms with Gasteiger partial charge in [-0.1, -0.05) is 12.1 Å². The van der Waals surface area contributed by atoms with Crippen LogP contribution >= 0.6 is 0 Å². The topological polar surface area (TPSA) is 21.3 Å². The lowest BCUT2D eigenvalue weighted by molar-refractivity contribution is 0.208. The summed E-state index contributed by atoms with van der Waals surface area (Å²) in [5, 5.41) is 3.47. The molecule has 0 aromatic heterocycles. The van der Waals surface area contributed by atoms with Crippen LogP contribution in [-0.4, -0.2) is 18.7 Å². The molecule has 0 amide bonds. The van der Waals surface area contributed by atoms with Crippen molar-refractivity contribution in [2.75, 3.05) is 13.2 Å². The van der Waals surface area contributed by atoms with Crippen LogP contribution in [0.15, 0.2) is 18.2 Å². The summed E-state index contributed by atoms with van der Waals surface area (Å²) in [5.41, 5.74) is 3.10. The van der Waals surface area contributed by atoms with Gasteiger partial charge in [-0.3, -0.25) is 0 Å². The third-order valence-electron chi connectivity index (χ3n) is 3.75. The van der Waals surface area contributed by atoms with E-state index in [2.05, 4.69) is 37.4 Å². The second-order valence-electron chi connectivity index (χ2n) is 5.12. The second-order valence-corrected chi connectivity index (χ2v) is 5.12. The van der Waals surface area contributed by atoms with Crippen molar-refractivity contribution in [1.82, 2.24) is 5.32 Å². The lowest BCUT2D eigenvalue weighted by atomic mass is 9.75. The van der Waals surface area contributed by atoms with E-state index in [0.29, 0.717) is 5.92 Å². The molecule has 1 fully saturated rings. The maximum absolute atomic E-state index is 5.52. The molecule has 2 heterocycles. The molecule has 0 spiro atoms. The van der Waals surface area contributed by atoms with Crippen LogP contribution in [0.1, 0.15) is 30.9 Å². The van der Waals surface area contributed by atoms with Crippen molar-refractivity contribution in [2.24, 2.45) is 0 Å². The Bertz CT molecular complexity index is 398. The Morgan fingerprint density at radius 2 is 2.27 bits per heavy atom. The molecule has 2 heteroatoms. The van der Waals surface area contributed by atoms with E-state index in [4.69, 9.17) is 4.74 Å². The Labute approximate surface area is 90.6 Å². The highest BCUT2D eigenvalue weighted by Crippen LogP contribution is 2.37. The number of nitrogens with one attached hydrogen (secondary N) is 1.